The van der Waals surface area contributed by atoms with Gasteiger partial charge >= 0.3 is 6.03 Å². The number of likely N-dealkylation sites (tertiary alicyclic amines) is 1. The van der Waals surface area contributed by atoms with E-state index in [2.05, 4.69) is 20.7 Å². The zero-order valence-corrected chi connectivity index (χ0v) is 15.5. The number of piperidine rings is 1. The van der Waals surface area contributed by atoms with Gasteiger partial charge in [0.15, 0.2) is 5.76 Å². The molecule has 146 valence electrons. The Morgan fingerprint density at radius 2 is 2.14 bits per heavy atom. The molecule has 1 saturated heterocycles. The summed E-state index contributed by atoms with van der Waals surface area (Å²) in [7, 11) is 1.93. The van der Waals surface area contributed by atoms with E-state index in [1.165, 1.54) is 12.1 Å². The second-order valence-corrected chi connectivity index (χ2v) is 6.91. The molecular weight excluding hydrogens is 363 g/mol. The highest BCUT2D eigenvalue weighted by atomic mass is 19.1. The lowest BCUT2D eigenvalue weighted by atomic mass is 9.96. The molecule has 0 radical (unpaired) electrons. The van der Waals surface area contributed by atoms with Gasteiger partial charge in [-0.25, -0.2) is 9.18 Å². The summed E-state index contributed by atoms with van der Waals surface area (Å²) in [6.07, 6.45) is 3.40. The van der Waals surface area contributed by atoms with Gasteiger partial charge in [0.2, 0.25) is 0 Å². The molecule has 28 heavy (non-hydrogen) atoms. The summed E-state index contributed by atoms with van der Waals surface area (Å²) in [6.45, 7) is 1.55. The van der Waals surface area contributed by atoms with E-state index < -0.39 is 0 Å². The van der Waals surface area contributed by atoms with Crippen LogP contribution in [0.4, 0.5) is 9.18 Å². The fourth-order valence-electron chi connectivity index (χ4n) is 3.46. The van der Waals surface area contributed by atoms with Crippen LogP contribution in [0.5, 0.6) is 0 Å². The molecule has 1 aliphatic rings. The third-order valence-corrected chi connectivity index (χ3v) is 4.99. The molecule has 2 aromatic heterocycles. The third-order valence-electron chi connectivity index (χ3n) is 4.99. The molecule has 0 saturated carbocycles. The summed E-state index contributed by atoms with van der Waals surface area (Å²) in [5, 5.41) is 14.9. The summed E-state index contributed by atoms with van der Waals surface area (Å²) in [6, 6.07) is 7.70. The van der Waals surface area contributed by atoms with E-state index in [9.17, 15) is 9.18 Å². The van der Waals surface area contributed by atoms with Crippen LogP contribution in [0.2, 0.25) is 0 Å². The molecule has 0 bridgehead atoms. The number of nitrogens with zero attached hydrogens (tertiary/aromatic N) is 5. The largest absolute Gasteiger partial charge is 0.359 e. The maximum atomic E-state index is 13.3. The van der Waals surface area contributed by atoms with Gasteiger partial charge in [-0.1, -0.05) is 17.3 Å². The smallest absolute Gasteiger partial charge is 0.317 e. The highest BCUT2D eigenvalue weighted by Gasteiger charge is 2.26. The molecule has 1 N–H and O–H groups in total. The lowest BCUT2D eigenvalue weighted by Gasteiger charge is -2.31. The van der Waals surface area contributed by atoms with Crippen LogP contribution in [0.25, 0.3) is 11.3 Å². The summed E-state index contributed by atoms with van der Waals surface area (Å²) in [5.41, 5.74) is 1.17. The van der Waals surface area contributed by atoms with Crippen LogP contribution in [0.3, 0.4) is 0 Å². The number of hydrogen-bond donors (Lipinski definition) is 1. The van der Waals surface area contributed by atoms with Gasteiger partial charge in [-0.3, -0.25) is 0 Å². The van der Waals surface area contributed by atoms with Crippen molar-refractivity contribution in [2.75, 3.05) is 13.1 Å². The maximum Gasteiger partial charge on any atom is 0.317 e. The number of nitrogens with one attached hydrogen (secondary N) is 1. The number of hydrogen-bond acceptors (Lipinski definition) is 5. The Morgan fingerprint density at radius 3 is 2.86 bits per heavy atom. The zero-order chi connectivity index (χ0) is 19.5. The Bertz CT molecular complexity index is 961. The van der Waals surface area contributed by atoms with Gasteiger partial charge in [0.05, 0.1) is 6.54 Å². The summed E-state index contributed by atoms with van der Waals surface area (Å²) in [5.74, 6) is 1.47. The van der Waals surface area contributed by atoms with Crippen molar-refractivity contribution in [3.63, 3.8) is 0 Å². The van der Waals surface area contributed by atoms with Crippen molar-refractivity contribution in [3.05, 3.63) is 54.1 Å². The first-order chi connectivity index (χ1) is 13.6. The van der Waals surface area contributed by atoms with Crippen molar-refractivity contribution in [3.8, 4) is 11.3 Å². The van der Waals surface area contributed by atoms with Crippen LogP contribution in [0.1, 0.15) is 30.3 Å². The van der Waals surface area contributed by atoms with E-state index in [-0.39, 0.29) is 18.4 Å². The minimum atomic E-state index is -0.333. The lowest BCUT2D eigenvalue weighted by molar-refractivity contribution is 0.178. The van der Waals surface area contributed by atoms with Gasteiger partial charge < -0.3 is 19.3 Å². The number of benzene rings is 1. The highest BCUT2D eigenvalue weighted by Crippen LogP contribution is 2.26. The number of amides is 2. The first-order valence-corrected chi connectivity index (χ1v) is 9.18. The number of urea groups is 1. The number of carbonyl (C=O) groups excluding carboxylic acids is 1. The van der Waals surface area contributed by atoms with Crippen molar-refractivity contribution in [1.82, 2.24) is 30.1 Å². The Labute approximate surface area is 161 Å². The zero-order valence-electron chi connectivity index (χ0n) is 15.5. The van der Waals surface area contributed by atoms with Gasteiger partial charge in [0.1, 0.15) is 23.7 Å². The fraction of sp³-hybridized carbons (Fsp3) is 0.368. The molecule has 0 spiro atoms. The van der Waals surface area contributed by atoms with Crippen molar-refractivity contribution in [2.45, 2.75) is 25.3 Å². The molecular formula is C19H21FN6O2. The van der Waals surface area contributed by atoms with Crippen molar-refractivity contribution >= 4 is 6.03 Å². The predicted molar refractivity (Wildman–Crippen MR) is 98.7 cm³/mol. The molecule has 1 aromatic carbocycles. The summed E-state index contributed by atoms with van der Waals surface area (Å²) >= 11 is 0. The van der Waals surface area contributed by atoms with Crippen LogP contribution in [0, 0.1) is 5.82 Å². The van der Waals surface area contributed by atoms with E-state index >= 15 is 0 Å². The number of aryl methyl sites for hydroxylation is 1. The molecule has 1 aliphatic heterocycles. The van der Waals surface area contributed by atoms with Crippen LogP contribution < -0.4 is 5.32 Å². The SMILES string of the molecule is Cn1cnnc1C1CCN(C(=O)NCc2cc(-c3cccc(F)c3)no2)CC1. The average Bonchev–Trinajstić information content (AvgIpc) is 3.35. The second kappa shape index (κ2) is 7.79. The highest BCUT2D eigenvalue weighted by molar-refractivity contribution is 5.74. The molecule has 1 fully saturated rings. The van der Waals surface area contributed by atoms with Gasteiger partial charge in [-0.2, -0.15) is 0 Å². The molecule has 4 rings (SSSR count). The molecule has 2 amide bonds. The molecule has 0 aliphatic carbocycles. The first-order valence-electron chi connectivity index (χ1n) is 9.18. The Balaban J connectivity index is 1.29. The lowest BCUT2D eigenvalue weighted by Crippen LogP contribution is -2.44. The van der Waals surface area contributed by atoms with Gasteiger partial charge in [0, 0.05) is 37.7 Å². The first kappa shape index (κ1) is 18.1. The van der Waals surface area contributed by atoms with Crippen molar-refractivity contribution < 1.29 is 13.7 Å². The summed E-state index contributed by atoms with van der Waals surface area (Å²) in [4.78, 5) is 14.2. The Kier molecular flexibility index (Phi) is 5.05. The predicted octanol–water partition coefficient (Wildman–Crippen LogP) is 2.70. The summed E-state index contributed by atoms with van der Waals surface area (Å²) < 4.78 is 20.5. The minimum Gasteiger partial charge on any atom is -0.359 e. The van der Waals surface area contributed by atoms with Crippen LogP contribution in [0.15, 0.2) is 41.2 Å². The maximum absolute atomic E-state index is 13.3. The van der Waals surface area contributed by atoms with Crippen molar-refractivity contribution in [2.24, 2.45) is 7.05 Å². The van der Waals surface area contributed by atoms with Crippen molar-refractivity contribution in [1.29, 1.82) is 0 Å². The Hall–Kier alpha value is -3.23. The van der Waals surface area contributed by atoms with Gasteiger partial charge in [-0.05, 0) is 25.0 Å². The standard InChI is InChI=1S/C19H21FN6O2/c1-25-12-22-23-18(25)13-5-7-26(8-6-13)19(27)21-11-16-10-17(24-28-16)14-3-2-4-15(20)9-14/h2-4,9-10,12-13H,5-8,11H2,1H3,(H,21,27). The van der Waals surface area contributed by atoms with Gasteiger partial charge in [0.25, 0.3) is 0 Å². The fourth-order valence-corrected chi connectivity index (χ4v) is 3.46. The van der Waals surface area contributed by atoms with E-state index in [1.807, 2.05) is 11.6 Å². The Morgan fingerprint density at radius 1 is 1.32 bits per heavy atom. The van der Waals surface area contributed by atoms with E-state index in [4.69, 9.17) is 4.52 Å². The van der Waals surface area contributed by atoms with Crippen LogP contribution in [-0.4, -0.2) is 43.9 Å². The van der Waals surface area contributed by atoms with Crippen LogP contribution in [-0.2, 0) is 13.6 Å². The average molecular weight is 384 g/mol. The molecule has 0 unspecified atom stereocenters. The molecule has 3 heterocycles. The molecule has 8 nitrogen and oxygen atoms in total. The van der Waals surface area contributed by atoms with E-state index in [1.54, 1.807) is 29.4 Å². The minimum absolute atomic E-state index is 0.139. The second-order valence-electron chi connectivity index (χ2n) is 6.91. The molecule has 9 heteroatoms. The monoisotopic (exact) mass is 384 g/mol. The van der Waals surface area contributed by atoms with E-state index in [0.29, 0.717) is 36.0 Å². The molecule has 0 atom stereocenters. The molecule has 3 aromatic rings. The van der Waals surface area contributed by atoms with E-state index in [0.717, 1.165) is 18.7 Å². The van der Waals surface area contributed by atoms with Crippen LogP contribution >= 0.6 is 0 Å². The number of carbonyl (C=O) groups is 1. The quantitative estimate of drug-likeness (QED) is 0.747. The number of aromatic nitrogens is 4. The number of halogens is 1. The van der Waals surface area contributed by atoms with Gasteiger partial charge in [-0.15, -0.1) is 10.2 Å². The number of rotatable bonds is 4. The third kappa shape index (κ3) is 3.88. The topological polar surface area (TPSA) is 89.1 Å². The normalized spacial score (nSPS) is 15.0.